The lowest BCUT2D eigenvalue weighted by Crippen LogP contribution is -2.52. The molecule has 12 nitrogen and oxygen atoms in total. The summed E-state index contributed by atoms with van der Waals surface area (Å²) in [5.41, 5.74) is 2.28. The lowest BCUT2D eigenvalue weighted by Gasteiger charge is -2.36. The molecule has 0 spiro atoms. The van der Waals surface area contributed by atoms with E-state index in [1.165, 1.54) is 32.2 Å². The van der Waals surface area contributed by atoms with Crippen molar-refractivity contribution in [3.63, 3.8) is 0 Å². The van der Waals surface area contributed by atoms with Gasteiger partial charge in [0, 0.05) is 36.4 Å². The lowest BCUT2D eigenvalue weighted by molar-refractivity contribution is -0.282. The predicted octanol–water partition coefficient (Wildman–Crippen LogP) is 0.855. The molecule has 0 bridgehead atoms. The second kappa shape index (κ2) is 11.6. The summed E-state index contributed by atoms with van der Waals surface area (Å²) in [6.07, 6.45) is -3.61. The molecule has 0 unspecified atom stereocenters. The minimum atomic E-state index is -2.32. The van der Waals surface area contributed by atoms with Crippen molar-refractivity contribution >= 4 is 17.3 Å². The van der Waals surface area contributed by atoms with Gasteiger partial charge >= 0.3 is 0 Å². The molecule has 216 valence electrons. The van der Waals surface area contributed by atoms with Gasteiger partial charge in [0.2, 0.25) is 5.78 Å². The van der Waals surface area contributed by atoms with E-state index < -0.39 is 89.6 Å². The number of fused-ring (bicyclic) bond motifs is 2. The molecule has 6 N–H and O–H groups in total. The number of aliphatic hydroxyl groups excluding tert-OH is 1. The lowest BCUT2D eigenvalue weighted by atomic mass is 9.79. The Morgan fingerprint density at radius 2 is 1.93 bits per heavy atom. The van der Waals surface area contributed by atoms with Crippen LogP contribution >= 0.6 is 0 Å². The zero-order valence-corrected chi connectivity index (χ0v) is 21.8. The number of ether oxygens (including phenoxy) is 3. The Morgan fingerprint density at radius 1 is 1.20 bits per heavy atom. The Balaban J connectivity index is 1.60. The standard InChI is InChI=1S/C27H30FNO11/c1-12-26(40-28)15(29)9-19(39-12)38-7-6-27(36,18(32)11-30)10-13-8-16(31)21-22(23(13)33)24(34)14-4-3-5-17(37-2)20(14)25(21)35/h3-5,8,12,15,19,26,30-31,33,36H,6-7,9-11,29H2,1-2H3/t12-,15-,19+,26-,27+/m0/s1. The molecule has 5 atom stereocenters. The summed E-state index contributed by atoms with van der Waals surface area (Å²) in [6.45, 7) is 0.197. The number of Topliss-reactive ketones (excluding diaryl/α,β-unsaturated/α-hetero) is 1. The molecule has 1 aliphatic carbocycles. The van der Waals surface area contributed by atoms with Gasteiger partial charge in [-0.1, -0.05) is 12.1 Å². The van der Waals surface area contributed by atoms with Gasteiger partial charge in [-0.05, 0) is 23.6 Å². The van der Waals surface area contributed by atoms with Crippen LogP contribution in [0.2, 0.25) is 0 Å². The van der Waals surface area contributed by atoms with Gasteiger partial charge in [0.15, 0.2) is 17.9 Å². The first kappa shape index (κ1) is 29.5. The summed E-state index contributed by atoms with van der Waals surface area (Å²) in [7, 11) is 1.32. The monoisotopic (exact) mass is 563 g/mol. The van der Waals surface area contributed by atoms with Gasteiger partial charge in [0.05, 0.1) is 36.5 Å². The maximum atomic E-state index is 13.3. The average molecular weight is 564 g/mol. The highest BCUT2D eigenvalue weighted by atomic mass is 19.3. The quantitative estimate of drug-likeness (QED) is 0.219. The van der Waals surface area contributed by atoms with Gasteiger partial charge in [-0.2, -0.15) is 4.94 Å². The van der Waals surface area contributed by atoms with Gasteiger partial charge in [-0.25, -0.2) is 0 Å². The Hall–Kier alpha value is -3.46. The highest BCUT2D eigenvalue weighted by Crippen LogP contribution is 2.43. The molecule has 1 heterocycles. The van der Waals surface area contributed by atoms with Crippen LogP contribution in [-0.4, -0.2) is 88.2 Å². The third kappa shape index (κ3) is 5.19. The summed E-state index contributed by atoms with van der Waals surface area (Å²) < 4.78 is 29.0. The molecule has 4 rings (SSSR count). The molecular formula is C27H30FNO11. The molecule has 1 fully saturated rings. The summed E-state index contributed by atoms with van der Waals surface area (Å²) in [6, 6.07) is 4.57. The number of phenolic OH excluding ortho intramolecular Hbond substituents is 2. The molecular weight excluding hydrogens is 533 g/mol. The van der Waals surface area contributed by atoms with Crippen LogP contribution in [0.1, 0.15) is 57.2 Å². The van der Waals surface area contributed by atoms with E-state index in [0.717, 1.165) is 6.07 Å². The first-order valence-electron chi connectivity index (χ1n) is 12.5. The zero-order valence-electron chi connectivity index (χ0n) is 21.8. The van der Waals surface area contributed by atoms with E-state index in [1.54, 1.807) is 0 Å². The number of carbonyl (C=O) groups excluding carboxylic acids is 3. The van der Waals surface area contributed by atoms with Crippen LogP contribution in [0.25, 0.3) is 0 Å². The van der Waals surface area contributed by atoms with Crippen molar-refractivity contribution in [2.45, 2.75) is 56.3 Å². The fourth-order valence-electron chi connectivity index (χ4n) is 5.15. The van der Waals surface area contributed by atoms with Crippen LogP contribution in [0.5, 0.6) is 17.2 Å². The van der Waals surface area contributed by atoms with Crippen molar-refractivity contribution in [3.05, 3.63) is 52.1 Å². The molecule has 13 heteroatoms. The highest BCUT2D eigenvalue weighted by molar-refractivity contribution is 6.31. The van der Waals surface area contributed by atoms with Crippen molar-refractivity contribution in [3.8, 4) is 17.2 Å². The minimum absolute atomic E-state index is 0.0564. The molecule has 0 aromatic heterocycles. The van der Waals surface area contributed by atoms with E-state index in [1.807, 2.05) is 0 Å². The largest absolute Gasteiger partial charge is 0.507 e. The Kier molecular flexibility index (Phi) is 8.54. The number of hydrogen-bond acceptors (Lipinski definition) is 12. The molecule has 0 radical (unpaired) electrons. The number of nitrogens with two attached hydrogens (primary N) is 1. The Labute approximate surface area is 227 Å². The number of phenols is 2. The van der Waals surface area contributed by atoms with Crippen LogP contribution in [0.3, 0.4) is 0 Å². The van der Waals surface area contributed by atoms with Crippen LogP contribution in [0.4, 0.5) is 4.53 Å². The second-order valence-electron chi connectivity index (χ2n) is 9.83. The predicted molar refractivity (Wildman–Crippen MR) is 134 cm³/mol. The van der Waals surface area contributed by atoms with E-state index in [-0.39, 0.29) is 35.5 Å². The first-order chi connectivity index (χ1) is 19.0. The van der Waals surface area contributed by atoms with Gasteiger partial charge in [0.25, 0.3) is 0 Å². The number of rotatable bonds is 10. The van der Waals surface area contributed by atoms with Crippen molar-refractivity contribution in [1.29, 1.82) is 0 Å². The molecule has 1 saturated heterocycles. The maximum absolute atomic E-state index is 13.3. The molecule has 0 saturated carbocycles. The summed E-state index contributed by atoms with van der Waals surface area (Å²) in [5, 5.41) is 42.5. The number of aliphatic hydroxyl groups is 2. The second-order valence-corrected chi connectivity index (χ2v) is 9.83. The number of halogens is 1. The zero-order chi connectivity index (χ0) is 29.4. The molecule has 2 aliphatic rings. The van der Waals surface area contributed by atoms with E-state index in [9.17, 15) is 39.3 Å². The smallest absolute Gasteiger partial charge is 0.202 e. The molecule has 40 heavy (non-hydrogen) atoms. The van der Waals surface area contributed by atoms with E-state index >= 15 is 0 Å². The number of ketones is 3. The molecule has 1 aliphatic heterocycles. The van der Waals surface area contributed by atoms with Gasteiger partial charge in [0.1, 0.15) is 35.6 Å². The van der Waals surface area contributed by atoms with Crippen LogP contribution in [0.15, 0.2) is 24.3 Å². The highest BCUT2D eigenvalue weighted by Gasteiger charge is 2.42. The van der Waals surface area contributed by atoms with Crippen molar-refractivity contribution < 1.29 is 58.5 Å². The van der Waals surface area contributed by atoms with Crippen molar-refractivity contribution in [1.82, 2.24) is 0 Å². The number of hydrogen-bond donors (Lipinski definition) is 5. The van der Waals surface area contributed by atoms with E-state index in [2.05, 4.69) is 4.94 Å². The normalized spacial score (nSPS) is 23.8. The van der Waals surface area contributed by atoms with Crippen LogP contribution in [-0.2, 0) is 25.6 Å². The van der Waals surface area contributed by atoms with E-state index in [0.29, 0.717) is 0 Å². The third-order valence-corrected chi connectivity index (χ3v) is 7.31. The fourth-order valence-corrected chi connectivity index (χ4v) is 5.15. The van der Waals surface area contributed by atoms with Gasteiger partial charge in [-0.15, -0.1) is 0 Å². The Morgan fingerprint density at radius 3 is 2.55 bits per heavy atom. The van der Waals surface area contributed by atoms with Crippen LogP contribution in [0, 0.1) is 0 Å². The SMILES string of the molecule is COc1cccc2c1C(=O)c1c(O)cc(C[C@](O)(CCO[C@H]3C[C@H](N)[C@@H](OF)[C@H](C)O3)C(=O)CO)c(O)c1C2=O. The fraction of sp³-hybridized carbons (Fsp3) is 0.444. The van der Waals surface area contributed by atoms with E-state index in [4.69, 9.17) is 19.9 Å². The summed E-state index contributed by atoms with van der Waals surface area (Å²) >= 11 is 0. The van der Waals surface area contributed by atoms with Crippen molar-refractivity contribution in [2.75, 3.05) is 20.3 Å². The summed E-state index contributed by atoms with van der Waals surface area (Å²) in [4.78, 5) is 43.0. The van der Waals surface area contributed by atoms with Gasteiger partial charge < -0.3 is 40.4 Å². The molecule has 2 aromatic carbocycles. The first-order valence-corrected chi connectivity index (χ1v) is 12.5. The third-order valence-electron chi connectivity index (χ3n) is 7.31. The van der Waals surface area contributed by atoms with Crippen LogP contribution < -0.4 is 10.5 Å². The van der Waals surface area contributed by atoms with Crippen molar-refractivity contribution in [2.24, 2.45) is 5.73 Å². The maximum Gasteiger partial charge on any atom is 0.202 e. The average Bonchev–Trinajstić information content (AvgIpc) is 2.92. The number of carbonyl (C=O) groups is 3. The summed E-state index contributed by atoms with van der Waals surface area (Å²) in [5.74, 6) is -3.80. The number of methoxy groups -OCH3 is 1. The Bertz CT molecular complexity index is 1320. The topological polar surface area (TPSA) is 195 Å². The minimum Gasteiger partial charge on any atom is -0.507 e. The van der Waals surface area contributed by atoms with Gasteiger partial charge in [-0.3, -0.25) is 14.4 Å². The molecule has 2 aromatic rings. The molecule has 0 amide bonds. The number of benzene rings is 2. The number of aromatic hydroxyl groups is 2.